The molecule has 1 atom stereocenters. The van der Waals surface area contributed by atoms with E-state index in [4.69, 9.17) is 16.3 Å². The van der Waals surface area contributed by atoms with Gasteiger partial charge in [0.05, 0.1) is 17.6 Å². The molecule has 0 radical (unpaired) electrons. The molecule has 0 saturated carbocycles. The minimum Gasteiger partial charge on any atom is -0.495 e. The summed E-state index contributed by atoms with van der Waals surface area (Å²) in [5.74, 6) is 0.799. The molecule has 1 unspecified atom stereocenters. The molecule has 2 nitrogen and oxygen atoms in total. The first-order valence-corrected chi connectivity index (χ1v) is 8.55. The van der Waals surface area contributed by atoms with E-state index in [0.29, 0.717) is 5.02 Å². The summed E-state index contributed by atoms with van der Waals surface area (Å²) < 4.78 is 7.46. The third-order valence-corrected chi connectivity index (χ3v) is 4.50. The largest absolute Gasteiger partial charge is 0.495 e. The second kappa shape index (κ2) is 7.63. The Morgan fingerprint density at radius 1 is 1.19 bits per heavy atom. The highest BCUT2D eigenvalue weighted by Gasteiger charge is 2.20. The van der Waals surface area contributed by atoms with Crippen molar-refractivity contribution in [2.75, 3.05) is 13.7 Å². The molecule has 0 bridgehead atoms. The van der Waals surface area contributed by atoms with Gasteiger partial charge in [0.1, 0.15) is 5.75 Å². The van der Waals surface area contributed by atoms with Gasteiger partial charge in [-0.3, -0.25) is 0 Å². The Hall–Kier alpha value is -0.550. The minimum absolute atomic E-state index is 0.0213. The van der Waals surface area contributed by atoms with Gasteiger partial charge in [0, 0.05) is 15.1 Å². The Morgan fingerprint density at radius 3 is 2.43 bits per heavy atom. The van der Waals surface area contributed by atoms with Crippen LogP contribution in [0.3, 0.4) is 0 Å². The zero-order valence-corrected chi connectivity index (χ0v) is 15.7. The Bertz CT molecular complexity index is 616. The van der Waals surface area contributed by atoms with Crippen molar-refractivity contribution < 1.29 is 4.74 Å². The van der Waals surface area contributed by atoms with Crippen LogP contribution in [0.5, 0.6) is 5.75 Å². The maximum absolute atomic E-state index is 6.22. The summed E-state index contributed by atoms with van der Waals surface area (Å²) in [5, 5.41) is 4.17. The summed E-state index contributed by atoms with van der Waals surface area (Å²) in [4.78, 5) is 0. The molecule has 2 aromatic carbocycles. The van der Waals surface area contributed by atoms with Crippen molar-refractivity contribution in [3.63, 3.8) is 0 Å². The fourth-order valence-electron chi connectivity index (χ4n) is 2.28. The molecule has 2 aromatic rings. The van der Waals surface area contributed by atoms with E-state index < -0.39 is 0 Å². The normalized spacial score (nSPS) is 12.2. The highest BCUT2D eigenvalue weighted by Crippen LogP contribution is 2.38. The molecular weight excluding hydrogens is 417 g/mol. The van der Waals surface area contributed by atoms with Gasteiger partial charge in [-0.25, -0.2) is 0 Å². The average Bonchev–Trinajstić information content (AvgIpc) is 2.45. The van der Waals surface area contributed by atoms with Gasteiger partial charge in [0.15, 0.2) is 0 Å². The van der Waals surface area contributed by atoms with E-state index in [1.807, 2.05) is 24.3 Å². The van der Waals surface area contributed by atoms with Gasteiger partial charge in [-0.2, -0.15) is 0 Å². The molecule has 2 rings (SSSR count). The Morgan fingerprint density at radius 2 is 1.86 bits per heavy atom. The Kier molecular flexibility index (Phi) is 6.11. The number of methoxy groups -OCH3 is 1. The molecule has 0 aliphatic carbocycles. The molecular formula is C16H16Br2ClNO. The van der Waals surface area contributed by atoms with Gasteiger partial charge in [-0.1, -0.05) is 46.6 Å². The number of halogens is 3. The van der Waals surface area contributed by atoms with Crippen molar-refractivity contribution in [2.45, 2.75) is 13.0 Å². The molecule has 0 saturated heterocycles. The molecule has 0 amide bonds. The molecule has 0 spiro atoms. The molecule has 21 heavy (non-hydrogen) atoms. The number of nitrogens with one attached hydrogen (secondary N) is 1. The predicted molar refractivity (Wildman–Crippen MR) is 95.4 cm³/mol. The Balaban J connectivity index is 2.54. The van der Waals surface area contributed by atoms with E-state index in [2.05, 4.69) is 56.2 Å². The first-order valence-electron chi connectivity index (χ1n) is 6.58. The number of benzene rings is 2. The van der Waals surface area contributed by atoms with Gasteiger partial charge in [-0.15, -0.1) is 0 Å². The maximum Gasteiger partial charge on any atom is 0.138 e. The van der Waals surface area contributed by atoms with Gasteiger partial charge < -0.3 is 10.1 Å². The van der Waals surface area contributed by atoms with E-state index >= 15 is 0 Å². The van der Waals surface area contributed by atoms with Gasteiger partial charge >= 0.3 is 0 Å². The van der Waals surface area contributed by atoms with Crippen molar-refractivity contribution in [1.82, 2.24) is 5.32 Å². The van der Waals surface area contributed by atoms with E-state index in [9.17, 15) is 0 Å². The lowest BCUT2D eigenvalue weighted by Gasteiger charge is -2.22. The van der Waals surface area contributed by atoms with Crippen LogP contribution in [-0.4, -0.2) is 13.7 Å². The highest BCUT2D eigenvalue weighted by atomic mass is 79.9. The predicted octanol–water partition coefficient (Wildman–Crippen LogP) is 5.57. The minimum atomic E-state index is 0.0213. The highest BCUT2D eigenvalue weighted by molar-refractivity contribution is 9.10. The molecule has 0 aliphatic rings. The second-order valence-electron chi connectivity index (χ2n) is 4.55. The van der Waals surface area contributed by atoms with Crippen LogP contribution in [0, 0.1) is 0 Å². The molecule has 5 heteroatoms. The van der Waals surface area contributed by atoms with E-state index in [1.165, 1.54) is 0 Å². The molecule has 112 valence electrons. The number of hydrogen-bond acceptors (Lipinski definition) is 2. The summed E-state index contributed by atoms with van der Waals surface area (Å²) in [6.07, 6.45) is 0. The van der Waals surface area contributed by atoms with Gasteiger partial charge in [0.25, 0.3) is 0 Å². The van der Waals surface area contributed by atoms with Crippen molar-refractivity contribution >= 4 is 43.5 Å². The topological polar surface area (TPSA) is 21.3 Å². The smallest absolute Gasteiger partial charge is 0.138 e. The number of rotatable bonds is 5. The molecule has 0 aliphatic heterocycles. The van der Waals surface area contributed by atoms with E-state index in [-0.39, 0.29) is 6.04 Å². The van der Waals surface area contributed by atoms with Crippen LogP contribution in [0.1, 0.15) is 24.1 Å². The summed E-state index contributed by atoms with van der Waals surface area (Å²) in [6, 6.07) is 12.1. The van der Waals surface area contributed by atoms with Crippen molar-refractivity contribution in [2.24, 2.45) is 0 Å². The summed E-state index contributed by atoms with van der Waals surface area (Å²) in [7, 11) is 1.67. The SMILES string of the molecule is CCNC(c1ccc(Br)cc1)c1cc(Cl)cc(Br)c1OC. The van der Waals surface area contributed by atoms with Crippen LogP contribution in [0.15, 0.2) is 45.3 Å². The quantitative estimate of drug-likeness (QED) is 0.665. The molecule has 0 heterocycles. The summed E-state index contributed by atoms with van der Waals surface area (Å²) in [6.45, 7) is 2.92. The van der Waals surface area contributed by atoms with Crippen LogP contribution in [0.25, 0.3) is 0 Å². The van der Waals surface area contributed by atoms with Crippen molar-refractivity contribution in [1.29, 1.82) is 0 Å². The van der Waals surface area contributed by atoms with Crippen molar-refractivity contribution in [3.05, 3.63) is 61.5 Å². The van der Waals surface area contributed by atoms with E-state index in [0.717, 1.165) is 32.4 Å². The standard InChI is InChI=1S/C16H16Br2ClNO/c1-3-20-15(10-4-6-11(17)7-5-10)13-8-12(19)9-14(18)16(13)21-2/h4-9,15,20H,3H2,1-2H3. The average molecular weight is 434 g/mol. The summed E-state index contributed by atoms with van der Waals surface area (Å²) >= 11 is 13.2. The zero-order chi connectivity index (χ0) is 15.4. The third-order valence-electron chi connectivity index (χ3n) is 3.16. The lowest BCUT2D eigenvalue weighted by atomic mass is 9.97. The third kappa shape index (κ3) is 4.01. The van der Waals surface area contributed by atoms with Gasteiger partial charge in [-0.05, 0) is 52.3 Å². The number of hydrogen-bond donors (Lipinski definition) is 1. The molecule has 1 N–H and O–H groups in total. The molecule has 0 fully saturated rings. The Labute approximate surface area is 147 Å². The maximum atomic E-state index is 6.22. The van der Waals surface area contributed by atoms with Gasteiger partial charge in [0.2, 0.25) is 0 Å². The number of ether oxygens (including phenoxy) is 1. The zero-order valence-electron chi connectivity index (χ0n) is 11.8. The lowest BCUT2D eigenvalue weighted by molar-refractivity contribution is 0.401. The fourth-order valence-corrected chi connectivity index (χ4v) is 3.54. The van der Waals surface area contributed by atoms with Crippen LogP contribution < -0.4 is 10.1 Å². The van der Waals surface area contributed by atoms with Crippen LogP contribution in [0.2, 0.25) is 5.02 Å². The fraction of sp³-hybridized carbons (Fsp3) is 0.250. The van der Waals surface area contributed by atoms with Crippen LogP contribution >= 0.6 is 43.5 Å². The van der Waals surface area contributed by atoms with Crippen LogP contribution in [0.4, 0.5) is 0 Å². The monoisotopic (exact) mass is 431 g/mol. The molecule has 0 aromatic heterocycles. The van der Waals surface area contributed by atoms with Crippen LogP contribution in [-0.2, 0) is 0 Å². The summed E-state index contributed by atoms with van der Waals surface area (Å²) in [5.41, 5.74) is 2.17. The lowest BCUT2D eigenvalue weighted by Crippen LogP contribution is -2.22. The van der Waals surface area contributed by atoms with E-state index in [1.54, 1.807) is 7.11 Å². The first kappa shape index (κ1) is 16.8. The second-order valence-corrected chi connectivity index (χ2v) is 6.76. The van der Waals surface area contributed by atoms with Crippen molar-refractivity contribution in [3.8, 4) is 5.75 Å². The first-order chi connectivity index (χ1) is 10.1.